The number of nitrogens with zero attached hydrogens (tertiary/aromatic N) is 2. The normalized spacial score (nSPS) is 16.5. The minimum atomic E-state index is 0.476. The third kappa shape index (κ3) is 2.81. The summed E-state index contributed by atoms with van der Waals surface area (Å²) >= 11 is 1.67. The predicted molar refractivity (Wildman–Crippen MR) is 82.0 cm³/mol. The van der Waals surface area contributed by atoms with Crippen LogP contribution in [0.4, 0.5) is 11.8 Å². The van der Waals surface area contributed by atoms with Gasteiger partial charge in [-0.2, -0.15) is 4.98 Å². The number of fused-ring (bicyclic) bond motifs is 1. The van der Waals surface area contributed by atoms with E-state index in [4.69, 9.17) is 0 Å². The van der Waals surface area contributed by atoms with E-state index >= 15 is 0 Å². The molecule has 0 aromatic carbocycles. The molecule has 0 saturated heterocycles. The summed E-state index contributed by atoms with van der Waals surface area (Å²) in [4.78, 5) is 10.2. The number of rotatable bonds is 6. The van der Waals surface area contributed by atoms with E-state index in [9.17, 15) is 0 Å². The lowest BCUT2D eigenvalue weighted by atomic mass is 10.1. The maximum atomic E-state index is 4.61. The zero-order valence-electron chi connectivity index (χ0n) is 11.5. The fourth-order valence-corrected chi connectivity index (χ4v) is 2.76. The summed E-state index contributed by atoms with van der Waals surface area (Å²) in [5, 5.41) is 9.99. The molecule has 0 amide bonds. The Bertz CT molecular complexity index is 574. The number of anilines is 2. The van der Waals surface area contributed by atoms with Crippen molar-refractivity contribution in [1.82, 2.24) is 9.97 Å². The van der Waals surface area contributed by atoms with Gasteiger partial charge in [-0.15, -0.1) is 11.3 Å². The Morgan fingerprint density at radius 2 is 2.16 bits per heavy atom. The van der Waals surface area contributed by atoms with Crippen molar-refractivity contribution in [3.8, 4) is 0 Å². The average Bonchev–Trinajstić information content (AvgIpc) is 2.96. The Kier molecular flexibility index (Phi) is 3.31. The van der Waals surface area contributed by atoms with Crippen molar-refractivity contribution < 1.29 is 0 Å². The quantitative estimate of drug-likeness (QED) is 0.844. The van der Waals surface area contributed by atoms with Gasteiger partial charge in [-0.3, -0.25) is 0 Å². The Morgan fingerprint density at radius 3 is 2.89 bits per heavy atom. The maximum Gasteiger partial charge on any atom is 0.226 e. The first-order valence-electron chi connectivity index (χ1n) is 6.93. The molecule has 1 aliphatic rings. The summed E-state index contributed by atoms with van der Waals surface area (Å²) in [6.45, 7) is 6.38. The van der Waals surface area contributed by atoms with Crippen molar-refractivity contribution in [2.24, 2.45) is 5.41 Å². The van der Waals surface area contributed by atoms with Gasteiger partial charge in [-0.1, -0.05) is 13.8 Å². The Hall–Kier alpha value is -1.36. The number of hydrogen-bond acceptors (Lipinski definition) is 5. The molecule has 2 aromatic heterocycles. The highest BCUT2D eigenvalue weighted by Gasteiger charge is 2.37. The van der Waals surface area contributed by atoms with Crippen LogP contribution >= 0.6 is 11.3 Å². The highest BCUT2D eigenvalue weighted by molar-refractivity contribution is 7.16. The van der Waals surface area contributed by atoms with Crippen molar-refractivity contribution in [2.45, 2.75) is 33.1 Å². The Balaban J connectivity index is 1.84. The third-order valence-corrected chi connectivity index (χ3v) is 4.45. The van der Waals surface area contributed by atoms with Crippen LogP contribution in [0.1, 0.15) is 33.1 Å². The van der Waals surface area contributed by atoms with Crippen molar-refractivity contribution in [2.75, 3.05) is 23.7 Å². The first kappa shape index (κ1) is 12.7. The van der Waals surface area contributed by atoms with E-state index in [1.54, 1.807) is 11.3 Å². The van der Waals surface area contributed by atoms with E-state index in [1.807, 2.05) is 0 Å². The highest BCUT2D eigenvalue weighted by atomic mass is 32.1. The van der Waals surface area contributed by atoms with Gasteiger partial charge < -0.3 is 10.6 Å². The summed E-state index contributed by atoms with van der Waals surface area (Å²) < 4.78 is 0. The van der Waals surface area contributed by atoms with Crippen molar-refractivity contribution in [3.05, 3.63) is 11.4 Å². The van der Waals surface area contributed by atoms with Gasteiger partial charge in [0.1, 0.15) is 10.6 Å². The summed E-state index contributed by atoms with van der Waals surface area (Å²) in [6, 6.07) is 2.10. The minimum Gasteiger partial charge on any atom is -0.369 e. The number of thiophene rings is 1. The summed E-state index contributed by atoms with van der Waals surface area (Å²) in [5.41, 5.74) is 0.476. The van der Waals surface area contributed by atoms with Crippen molar-refractivity contribution >= 4 is 33.3 Å². The van der Waals surface area contributed by atoms with Crippen LogP contribution in [0.2, 0.25) is 0 Å². The van der Waals surface area contributed by atoms with Gasteiger partial charge in [-0.25, -0.2) is 4.98 Å². The van der Waals surface area contributed by atoms with Crippen LogP contribution in [-0.2, 0) is 0 Å². The molecule has 2 aromatic rings. The molecule has 2 heterocycles. The molecule has 0 atom stereocenters. The smallest absolute Gasteiger partial charge is 0.226 e. The van der Waals surface area contributed by atoms with Gasteiger partial charge in [-0.05, 0) is 36.1 Å². The second-order valence-corrected chi connectivity index (χ2v) is 6.52. The number of nitrogens with one attached hydrogen (secondary N) is 2. The standard InChI is InChI=1S/C14H20N4S/c1-3-7-15-13-17-11(16-9-14(2)5-6-14)10-4-8-19-12(10)18-13/h4,8H,3,5-7,9H2,1-2H3,(H2,15,16,17,18). The lowest BCUT2D eigenvalue weighted by Gasteiger charge is -2.12. The van der Waals surface area contributed by atoms with Crippen molar-refractivity contribution in [3.63, 3.8) is 0 Å². The molecule has 5 heteroatoms. The summed E-state index contributed by atoms with van der Waals surface area (Å²) in [5.74, 6) is 1.71. The van der Waals surface area contributed by atoms with Gasteiger partial charge in [0.2, 0.25) is 5.95 Å². The first-order valence-corrected chi connectivity index (χ1v) is 7.81. The molecule has 19 heavy (non-hydrogen) atoms. The van der Waals surface area contributed by atoms with Crippen LogP contribution in [0.25, 0.3) is 10.2 Å². The van der Waals surface area contributed by atoms with Crippen LogP contribution < -0.4 is 10.6 Å². The molecule has 102 valence electrons. The van der Waals surface area contributed by atoms with Crippen LogP contribution in [0.15, 0.2) is 11.4 Å². The second-order valence-electron chi connectivity index (χ2n) is 5.63. The Morgan fingerprint density at radius 1 is 1.32 bits per heavy atom. The predicted octanol–water partition coefficient (Wildman–Crippen LogP) is 3.73. The molecule has 2 N–H and O–H groups in total. The lowest BCUT2D eigenvalue weighted by molar-refractivity contribution is 0.610. The summed E-state index contributed by atoms with van der Waals surface area (Å²) in [6.07, 6.45) is 3.71. The molecular formula is C14H20N4S. The first-order chi connectivity index (χ1) is 9.20. The lowest BCUT2D eigenvalue weighted by Crippen LogP contribution is -2.14. The van der Waals surface area contributed by atoms with E-state index in [-0.39, 0.29) is 0 Å². The zero-order chi connectivity index (χ0) is 13.3. The third-order valence-electron chi connectivity index (χ3n) is 3.64. The van der Waals surface area contributed by atoms with Gasteiger partial charge in [0.05, 0.1) is 5.39 Å². The maximum absolute atomic E-state index is 4.61. The second kappa shape index (κ2) is 4.96. The van der Waals surface area contributed by atoms with Gasteiger partial charge in [0.15, 0.2) is 0 Å². The monoisotopic (exact) mass is 276 g/mol. The average molecular weight is 276 g/mol. The number of aromatic nitrogens is 2. The highest BCUT2D eigenvalue weighted by Crippen LogP contribution is 2.45. The van der Waals surface area contributed by atoms with E-state index in [2.05, 4.69) is 45.9 Å². The topological polar surface area (TPSA) is 49.8 Å². The van der Waals surface area contributed by atoms with Crippen LogP contribution in [-0.4, -0.2) is 23.1 Å². The SMILES string of the molecule is CCCNc1nc(NCC2(C)CC2)c2ccsc2n1. The van der Waals surface area contributed by atoms with E-state index in [1.165, 1.54) is 12.8 Å². The molecule has 0 bridgehead atoms. The van der Waals surface area contributed by atoms with E-state index in [0.29, 0.717) is 5.41 Å². The molecule has 3 rings (SSSR count). The van der Waals surface area contributed by atoms with Gasteiger partial charge in [0.25, 0.3) is 0 Å². The van der Waals surface area contributed by atoms with Crippen molar-refractivity contribution in [1.29, 1.82) is 0 Å². The molecular weight excluding hydrogens is 256 g/mol. The van der Waals surface area contributed by atoms with E-state index in [0.717, 1.165) is 41.5 Å². The molecule has 4 nitrogen and oxygen atoms in total. The molecule has 0 aliphatic heterocycles. The molecule has 0 unspecified atom stereocenters. The molecule has 1 saturated carbocycles. The molecule has 1 fully saturated rings. The van der Waals surface area contributed by atoms with Crippen LogP contribution in [0.5, 0.6) is 0 Å². The van der Waals surface area contributed by atoms with Gasteiger partial charge >= 0.3 is 0 Å². The Labute approximate surface area is 117 Å². The van der Waals surface area contributed by atoms with Gasteiger partial charge in [0, 0.05) is 13.1 Å². The van der Waals surface area contributed by atoms with Crippen LogP contribution in [0, 0.1) is 5.41 Å². The van der Waals surface area contributed by atoms with Crippen LogP contribution in [0.3, 0.4) is 0 Å². The number of hydrogen-bond donors (Lipinski definition) is 2. The fraction of sp³-hybridized carbons (Fsp3) is 0.571. The molecule has 0 spiro atoms. The fourth-order valence-electron chi connectivity index (χ4n) is 1.99. The van der Waals surface area contributed by atoms with E-state index < -0.39 is 0 Å². The zero-order valence-corrected chi connectivity index (χ0v) is 12.3. The molecule has 1 aliphatic carbocycles. The largest absolute Gasteiger partial charge is 0.369 e. The molecule has 0 radical (unpaired) electrons. The minimum absolute atomic E-state index is 0.476. The summed E-state index contributed by atoms with van der Waals surface area (Å²) in [7, 11) is 0.